The van der Waals surface area contributed by atoms with Crippen molar-refractivity contribution in [3.05, 3.63) is 40.4 Å². The third-order valence-electron chi connectivity index (χ3n) is 3.31. The van der Waals surface area contributed by atoms with Crippen LogP contribution in [0.2, 0.25) is 0 Å². The second kappa shape index (κ2) is 8.20. The molecule has 0 saturated carbocycles. The van der Waals surface area contributed by atoms with E-state index in [4.69, 9.17) is 0 Å². The summed E-state index contributed by atoms with van der Waals surface area (Å²) in [5, 5.41) is 15.0. The van der Waals surface area contributed by atoms with Crippen LogP contribution in [-0.4, -0.2) is 28.6 Å². The molecule has 0 saturated heterocycles. The van der Waals surface area contributed by atoms with Crippen molar-refractivity contribution in [3.8, 4) is 0 Å². The highest BCUT2D eigenvalue weighted by atomic mass is 32.1. The quantitative estimate of drug-likeness (QED) is 0.828. The average molecular weight is 360 g/mol. The van der Waals surface area contributed by atoms with Crippen LogP contribution in [0.25, 0.3) is 0 Å². The smallest absolute Gasteiger partial charge is 0.251 e. The van der Waals surface area contributed by atoms with E-state index in [1.54, 1.807) is 6.07 Å². The number of rotatable bonds is 6. The van der Waals surface area contributed by atoms with E-state index in [9.17, 15) is 9.59 Å². The van der Waals surface area contributed by atoms with Crippen LogP contribution in [0.5, 0.6) is 0 Å². The first-order valence-electron chi connectivity index (χ1n) is 8.20. The number of aromatic nitrogens is 2. The van der Waals surface area contributed by atoms with E-state index in [2.05, 4.69) is 41.6 Å². The highest BCUT2D eigenvalue weighted by Gasteiger charge is 2.16. The Bertz CT molecular complexity index is 750. The molecule has 1 aromatic carbocycles. The molecule has 6 nitrogen and oxygen atoms in total. The van der Waals surface area contributed by atoms with Crippen molar-refractivity contribution >= 4 is 28.3 Å². The Labute approximate surface area is 152 Å². The van der Waals surface area contributed by atoms with Crippen molar-refractivity contribution in [1.29, 1.82) is 0 Å². The lowest BCUT2D eigenvalue weighted by Crippen LogP contribution is -2.27. The van der Waals surface area contributed by atoms with Crippen LogP contribution in [0.3, 0.4) is 0 Å². The summed E-state index contributed by atoms with van der Waals surface area (Å²) in [6, 6.07) is 7.33. The normalized spacial score (nSPS) is 11.2. The average Bonchev–Trinajstić information content (AvgIpc) is 2.91. The number of benzene rings is 1. The van der Waals surface area contributed by atoms with Gasteiger partial charge in [-0.2, -0.15) is 0 Å². The van der Waals surface area contributed by atoms with Gasteiger partial charge in [-0.05, 0) is 24.5 Å². The number of amides is 2. The molecule has 2 amide bonds. The van der Waals surface area contributed by atoms with Gasteiger partial charge in [0.2, 0.25) is 11.0 Å². The summed E-state index contributed by atoms with van der Waals surface area (Å²) in [6.07, 6.45) is 0.999. The van der Waals surface area contributed by atoms with Gasteiger partial charge in [-0.1, -0.05) is 49.8 Å². The van der Waals surface area contributed by atoms with Crippen LogP contribution < -0.4 is 10.6 Å². The molecule has 0 bridgehead atoms. The lowest BCUT2D eigenvalue weighted by Gasteiger charge is -2.14. The third-order valence-corrected chi connectivity index (χ3v) is 4.15. The van der Waals surface area contributed by atoms with E-state index in [0.29, 0.717) is 10.7 Å². The lowest BCUT2D eigenvalue weighted by molar-refractivity contribution is -0.116. The van der Waals surface area contributed by atoms with Crippen molar-refractivity contribution in [1.82, 2.24) is 15.5 Å². The molecule has 0 fully saturated rings. The fourth-order valence-electron chi connectivity index (χ4n) is 2.19. The monoisotopic (exact) mass is 360 g/mol. The molecule has 0 radical (unpaired) electrons. The van der Waals surface area contributed by atoms with Crippen LogP contribution in [0.15, 0.2) is 24.3 Å². The summed E-state index contributed by atoms with van der Waals surface area (Å²) in [5.41, 5.74) is 1.74. The maximum absolute atomic E-state index is 12.0. The van der Waals surface area contributed by atoms with E-state index in [0.717, 1.165) is 17.0 Å². The maximum Gasteiger partial charge on any atom is 0.251 e. The van der Waals surface area contributed by atoms with E-state index in [1.807, 2.05) is 25.1 Å². The summed E-state index contributed by atoms with van der Waals surface area (Å²) in [4.78, 5) is 24.0. The van der Waals surface area contributed by atoms with Gasteiger partial charge in [0.15, 0.2) is 0 Å². The fraction of sp³-hybridized carbons (Fsp3) is 0.444. The van der Waals surface area contributed by atoms with Crippen LogP contribution in [0.4, 0.5) is 5.13 Å². The Morgan fingerprint density at radius 1 is 1.20 bits per heavy atom. The van der Waals surface area contributed by atoms with Crippen molar-refractivity contribution in [2.75, 3.05) is 11.9 Å². The lowest BCUT2D eigenvalue weighted by atomic mass is 9.93. The van der Waals surface area contributed by atoms with Gasteiger partial charge < -0.3 is 10.6 Å². The van der Waals surface area contributed by atoms with Gasteiger partial charge in [0.05, 0.1) is 0 Å². The van der Waals surface area contributed by atoms with Crippen molar-refractivity contribution in [3.63, 3.8) is 0 Å². The van der Waals surface area contributed by atoms with Crippen LogP contribution >= 0.6 is 11.3 Å². The van der Waals surface area contributed by atoms with Gasteiger partial charge in [0.1, 0.15) is 5.01 Å². The second-order valence-electron chi connectivity index (χ2n) is 7.16. The van der Waals surface area contributed by atoms with E-state index in [1.165, 1.54) is 11.3 Å². The predicted molar refractivity (Wildman–Crippen MR) is 99.8 cm³/mol. The summed E-state index contributed by atoms with van der Waals surface area (Å²) < 4.78 is 0. The van der Waals surface area contributed by atoms with E-state index in [-0.39, 0.29) is 30.2 Å². The van der Waals surface area contributed by atoms with Gasteiger partial charge in [-0.3, -0.25) is 9.59 Å². The summed E-state index contributed by atoms with van der Waals surface area (Å²) in [7, 11) is 0. The standard InChI is InChI=1S/C18H24N4O2S/c1-12-6-5-7-13(10-12)16(24)19-9-8-14(23)20-17-22-21-15(25-17)11-18(2,3)4/h5-7,10H,8-9,11H2,1-4H3,(H,19,24)(H,20,22,23). The van der Waals surface area contributed by atoms with Gasteiger partial charge in [-0.25, -0.2) is 0 Å². The van der Waals surface area contributed by atoms with Gasteiger partial charge in [-0.15, -0.1) is 10.2 Å². The van der Waals surface area contributed by atoms with E-state index < -0.39 is 0 Å². The molecule has 134 valence electrons. The Balaban J connectivity index is 1.76. The highest BCUT2D eigenvalue weighted by molar-refractivity contribution is 7.15. The minimum Gasteiger partial charge on any atom is -0.352 e. The number of anilines is 1. The zero-order valence-corrected chi connectivity index (χ0v) is 15.9. The molecule has 2 N–H and O–H groups in total. The molecule has 0 spiro atoms. The molecule has 1 heterocycles. The summed E-state index contributed by atoms with van der Waals surface area (Å²) in [6.45, 7) is 8.59. The summed E-state index contributed by atoms with van der Waals surface area (Å²) in [5.74, 6) is -0.372. The molecule has 2 rings (SSSR count). The third kappa shape index (κ3) is 6.62. The fourth-order valence-corrected chi connectivity index (χ4v) is 3.25. The SMILES string of the molecule is Cc1cccc(C(=O)NCCC(=O)Nc2nnc(CC(C)(C)C)s2)c1. The maximum atomic E-state index is 12.0. The number of carbonyl (C=O) groups excluding carboxylic acids is 2. The van der Waals surface area contributed by atoms with Gasteiger partial charge in [0.25, 0.3) is 5.91 Å². The molecular weight excluding hydrogens is 336 g/mol. The minimum atomic E-state index is -0.192. The highest BCUT2D eigenvalue weighted by Crippen LogP contribution is 2.24. The van der Waals surface area contributed by atoms with Crippen molar-refractivity contribution in [2.45, 2.75) is 40.5 Å². The topological polar surface area (TPSA) is 84.0 Å². The van der Waals surface area contributed by atoms with Crippen LogP contribution in [-0.2, 0) is 11.2 Å². The Kier molecular flexibility index (Phi) is 6.25. The molecule has 0 atom stereocenters. The first-order valence-corrected chi connectivity index (χ1v) is 9.02. The molecule has 7 heteroatoms. The van der Waals surface area contributed by atoms with Crippen molar-refractivity contribution < 1.29 is 9.59 Å². The van der Waals surface area contributed by atoms with Crippen LogP contribution in [0, 0.1) is 12.3 Å². The number of carbonyl (C=O) groups is 2. The molecule has 0 aliphatic heterocycles. The minimum absolute atomic E-state index is 0.126. The molecule has 0 aliphatic carbocycles. The molecule has 0 unspecified atom stereocenters. The first-order chi connectivity index (χ1) is 11.7. The Morgan fingerprint density at radius 2 is 1.96 bits per heavy atom. The first kappa shape index (κ1) is 19.1. The molecule has 0 aliphatic rings. The molecule has 1 aromatic heterocycles. The molecular formula is C18H24N4O2S. The van der Waals surface area contributed by atoms with Crippen molar-refractivity contribution in [2.24, 2.45) is 5.41 Å². The number of hydrogen-bond acceptors (Lipinski definition) is 5. The number of aryl methyl sites for hydroxylation is 1. The molecule has 25 heavy (non-hydrogen) atoms. The number of nitrogens with zero attached hydrogens (tertiary/aromatic N) is 2. The molecule has 2 aromatic rings. The Hall–Kier alpha value is -2.28. The second-order valence-corrected chi connectivity index (χ2v) is 8.22. The van der Waals surface area contributed by atoms with E-state index >= 15 is 0 Å². The number of nitrogens with one attached hydrogen (secondary N) is 2. The van der Waals surface area contributed by atoms with Gasteiger partial charge >= 0.3 is 0 Å². The zero-order chi connectivity index (χ0) is 18.4. The number of hydrogen-bond donors (Lipinski definition) is 2. The summed E-state index contributed by atoms with van der Waals surface area (Å²) >= 11 is 1.38. The van der Waals surface area contributed by atoms with Crippen LogP contribution in [0.1, 0.15) is 48.1 Å². The predicted octanol–water partition coefficient (Wildman–Crippen LogP) is 3.19. The van der Waals surface area contributed by atoms with Gasteiger partial charge in [0, 0.05) is 24.9 Å². The largest absolute Gasteiger partial charge is 0.352 e. The zero-order valence-electron chi connectivity index (χ0n) is 15.0. The Morgan fingerprint density at radius 3 is 2.64 bits per heavy atom.